The van der Waals surface area contributed by atoms with Gasteiger partial charge in [0.2, 0.25) is 0 Å². The van der Waals surface area contributed by atoms with Crippen molar-refractivity contribution in [1.82, 2.24) is 9.29 Å². The van der Waals surface area contributed by atoms with Gasteiger partial charge in [0, 0.05) is 7.05 Å². The third kappa shape index (κ3) is 2.58. The average molecular weight is 334 g/mol. The van der Waals surface area contributed by atoms with Gasteiger partial charge in [-0.3, -0.25) is 0 Å². The Morgan fingerprint density at radius 1 is 1.40 bits per heavy atom. The molecule has 0 bridgehead atoms. The van der Waals surface area contributed by atoms with Crippen molar-refractivity contribution in [3.63, 3.8) is 0 Å². The first-order chi connectivity index (χ1) is 9.33. The summed E-state index contributed by atoms with van der Waals surface area (Å²) in [7, 11) is -2.25. The third-order valence-electron chi connectivity index (χ3n) is 3.81. The maximum absolute atomic E-state index is 12.7. The van der Waals surface area contributed by atoms with E-state index in [0.717, 1.165) is 30.6 Å². The van der Waals surface area contributed by atoms with Crippen LogP contribution in [-0.2, 0) is 10.0 Å². The van der Waals surface area contributed by atoms with Gasteiger partial charge < -0.3 is 0 Å². The predicted octanol–water partition coefficient (Wildman–Crippen LogP) is 2.95. The second-order valence-electron chi connectivity index (χ2n) is 5.02. The highest BCUT2D eigenvalue weighted by Crippen LogP contribution is 2.38. The summed E-state index contributed by atoms with van der Waals surface area (Å²) >= 11 is 6.73. The van der Waals surface area contributed by atoms with Gasteiger partial charge in [0.15, 0.2) is 8.68 Å². The number of thiazole rings is 1. The molecule has 20 heavy (non-hydrogen) atoms. The molecule has 1 heterocycles. The van der Waals surface area contributed by atoms with E-state index in [2.05, 4.69) is 11.1 Å². The Morgan fingerprint density at radius 3 is 2.45 bits per heavy atom. The summed E-state index contributed by atoms with van der Waals surface area (Å²) in [5, 5.41) is 9.50. The van der Waals surface area contributed by atoms with Gasteiger partial charge in [0.05, 0.1) is 11.8 Å². The number of hydrogen-bond donors (Lipinski definition) is 0. The minimum atomic E-state index is -3.74. The Hall–Kier alpha value is -0.680. The Labute approximate surface area is 128 Å². The summed E-state index contributed by atoms with van der Waals surface area (Å²) in [6.45, 7) is 1.61. The summed E-state index contributed by atoms with van der Waals surface area (Å²) < 4.78 is 27.0. The standard InChI is InChI=1S/C12H16ClN3O2S2/c1-9-10(19-11(13)15-9)20(17,18)16(2)12(8-14)6-4-3-5-7-12/h3-7H2,1-2H3. The van der Waals surface area contributed by atoms with E-state index in [4.69, 9.17) is 11.6 Å². The molecule has 1 aliphatic rings. The molecule has 1 fully saturated rings. The van der Waals surface area contributed by atoms with Gasteiger partial charge in [0.25, 0.3) is 10.0 Å². The molecular formula is C12H16ClN3O2S2. The lowest BCUT2D eigenvalue weighted by Crippen LogP contribution is -2.49. The van der Waals surface area contributed by atoms with Crippen molar-refractivity contribution in [2.45, 2.75) is 48.8 Å². The molecule has 0 radical (unpaired) electrons. The summed E-state index contributed by atoms with van der Waals surface area (Å²) in [4.78, 5) is 3.95. The largest absolute Gasteiger partial charge is 0.255 e. The van der Waals surface area contributed by atoms with Crippen molar-refractivity contribution in [3.8, 4) is 6.07 Å². The molecule has 0 atom stereocenters. The van der Waals surface area contributed by atoms with E-state index in [-0.39, 0.29) is 8.68 Å². The van der Waals surface area contributed by atoms with Crippen LogP contribution in [0.15, 0.2) is 4.21 Å². The Balaban J connectivity index is 2.43. The fraction of sp³-hybridized carbons (Fsp3) is 0.667. The smallest absolute Gasteiger partial charge is 0.229 e. The number of aryl methyl sites for hydroxylation is 1. The molecule has 0 N–H and O–H groups in total. The van der Waals surface area contributed by atoms with Crippen molar-refractivity contribution in [2.75, 3.05) is 7.05 Å². The highest BCUT2D eigenvalue weighted by molar-refractivity contribution is 7.91. The molecule has 0 unspecified atom stereocenters. The summed E-state index contributed by atoms with van der Waals surface area (Å²) in [5.74, 6) is 0. The van der Waals surface area contributed by atoms with Gasteiger partial charge in [0.1, 0.15) is 5.54 Å². The minimum Gasteiger partial charge on any atom is -0.229 e. The summed E-state index contributed by atoms with van der Waals surface area (Å²) in [6.07, 6.45) is 3.93. The number of nitrogens with zero attached hydrogens (tertiary/aromatic N) is 3. The molecule has 1 aromatic heterocycles. The average Bonchev–Trinajstić information content (AvgIpc) is 2.78. The fourth-order valence-corrected chi connectivity index (χ4v) is 5.95. The van der Waals surface area contributed by atoms with Gasteiger partial charge in [-0.1, -0.05) is 42.2 Å². The first kappa shape index (κ1) is 15.7. The van der Waals surface area contributed by atoms with E-state index < -0.39 is 15.6 Å². The molecule has 0 amide bonds. The van der Waals surface area contributed by atoms with E-state index in [1.807, 2.05) is 0 Å². The summed E-state index contributed by atoms with van der Waals surface area (Å²) in [6, 6.07) is 2.22. The normalized spacial score (nSPS) is 18.9. The van der Waals surface area contributed by atoms with Crippen molar-refractivity contribution >= 4 is 33.0 Å². The van der Waals surface area contributed by atoms with Crippen LogP contribution in [0.3, 0.4) is 0 Å². The molecule has 110 valence electrons. The minimum absolute atomic E-state index is 0.130. The van der Waals surface area contributed by atoms with Crippen LogP contribution in [0.2, 0.25) is 4.47 Å². The number of nitriles is 1. The molecule has 8 heteroatoms. The number of halogens is 1. The molecule has 5 nitrogen and oxygen atoms in total. The van der Waals surface area contributed by atoms with Crippen LogP contribution in [0.5, 0.6) is 0 Å². The lowest BCUT2D eigenvalue weighted by atomic mass is 9.83. The molecule has 0 saturated heterocycles. The van der Waals surface area contributed by atoms with Gasteiger partial charge in [-0.05, 0) is 19.8 Å². The Bertz CT molecular complexity index is 642. The third-order valence-corrected chi connectivity index (χ3v) is 7.59. The first-order valence-electron chi connectivity index (χ1n) is 6.37. The number of aromatic nitrogens is 1. The van der Waals surface area contributed by atoms with Gasteiger partial charge >= 0.3 is 0 Å². The maximum atomic E-state index is 12.7. The van der Waals surface area contributed by atoms with E-state index >= 15 is 0 Å². The molecule has 1 aromatic rings. The molecule has 2 rings (SSSR count). The van der Waals surface area contributed by atoms with Crippen LogP contribution < -0.4 is 0 Å². The Kier molecular flexibility index (Phi) is 4.40. The maximum Gasteiger partial charge on any atom is 0.255 e. The molecule has 0 aliphatic heterocycles. The molecule has 1 aliphatic carbocycles. The van der Waals surface area contributed by atoms with Gasteiger partial charge in [-0.2, -0.15) is 9.57 Å². The zero-order valence-electron chi connectivity index (χ0n) is 11.4. The van der Waals surface area contributed by atoms with Crippen LogP contribution in [0.25, 0.3) is 0 Å². The fourth-order valence-electron chi connectivity index (χ4n) is 2.58. The number of rotatable bonds is 3. The summed E-state index contributed by atoms with van der Waals surface area (Å²) in [5.41, 5.74) is -0.560. The van der Waals surface area contributed by atoms with Crippen molar-refractivity contribution in [3.05, 3.63) is 10.2 Å². The van der Waals surface area contributed by atoms with Crippen LogP contribution in [-0.4, -0.2) is 30.3 Å². The van der Waals surface area contributed by atoms with Crippen molar-refractivity contribution in [1.29, 1.82) is 5.26 Å². The second kappa shape index (κ2) is 5.60. The number of sulfonamides is 1. The molecule has 0 aromatic carbocycles. The Morgan fingerprint density at radius 2 is 2.00 bits per heavy atom. The first-order valence-corrected chi connectivity index (χ1v) is 9.00. The van der Waals surface area contributed by atoms with Gasteiger partial charge in [-0.15, -0.1) is 0 Å². The second-order valence-corrected chi connectivity index (χ2v) is 8.76. The predicted molar refractivity (Wildman–Crippen MR) is 78.2 cm³/mol. The van der Waals surface area contributed by atoms with E-state index in [1.54, 1.807) is 6.92 Å². The van der Waals surface area contributed by atoms with E-state index in [0.29, 0.717) is 18.5 Å². The van der Waals surface area contributed by atoms with Gasteiger partial charge in [-0.25, -0.2) is 13.4 Å². The monoisotopic (exact) mass is 333 g/mol. The van der Waals surface area contributed by atoms with E-state index in [9.17, 15) is 13.7 Å². The topological polar surface area (TPSA) is 74.1 Å². The lowest BCUT2D eigenvalue weighted by Gasteiger charge is -2.37. The van der Waals surface area contributed by atoms with Crippen LogP contribution in [0.4, 0.5) is 0 Å². The quantitative estimate of drug-likeness (QED) is 0.852. The lowest BCUT2D eigenvalue weighted by molar-refractivity contribution is 0.213. The molecule has 0 spiro atoms. The van der Waals surface area contributed by atoms with Crippen LogP contribution in [0, 0.1) is 18.3 Å². The van der Waals surface area contributed by atoms with E-state index in [1.165, 1.54) is 11.4 Å². The molecule has 1 saturated carbocycles. The van der Waals surface area contributed by atoms with Crippen molar-refractivity contribution < 1.29 is 8.42 Å². The highest BCUT2D eigenvalue weighted by Gasteiger charge is 2.44. The van der Waals surface area contributed by atoms with Crippen LogP contribution in [0.1, 0.15) is 37.8 Å². The SMILES string of the molecule is Cc1nc(Cl)sc1S(=O)(=O)N(C)C1(C#N)CCCCC1. The molecular weight excluding hydrogens is 318 g/mol. The zero-order chi connectivity index (χ0) is 15.0. The highest BCUT2D eigenvalue weighted by atomic mass is 35.5. The number of hydrogen-bond acceptors (Lipinski definition) is 5. The van der Waals surface area contributed by atoms with Crippen molar-refractivity contribution in [2.24, 2.45) is 0 Å². The van der Waals surface area contributed by atoms with Crippen LogP contribution >= 0.6 is 22.9 Å². The zero-order valence-corrected chi connectivity index (χ0v) is 13.8.